The normalized spacial score (nSPS) is 9.94. The van der Waals surface area contributed by atoms with Crippen LogP contribution in [0.15, 0.2) is 34.8 Å². The van der Waals surface area contributed by atoms with Crippen LogP contribution in [0.1, 0.15) is 0 Å². The van der Waals surface area contributed by atoms with E-state index in [0.29, 0.717) is 17.7 Å². The van der Waals surface area contributed by atoms with Crippen molar-refractivity contribution in [3.05, 3.63) is 34.8 Å². The summed E-state index contributed by atoms with van der Waals surface area (Å²) in [5, 5.41) is 3.08. The van der Waals surface area contributed by atoms with Crippen LogP contribution in [0.3, 0.4) is 0 Å². The highest BCUT2D eigenvalue weighted by Crippen LogP contribution is 2.22. The van der Waals surface area contributed by atoms with Crippen molar-refractivity contribution in [2.24, 2.45) is 0 Å². The maximum absolute atomic E-state index is 5.08. The van der Waals surface area contributed by atoms with Crippen molar-refractivity contribution >= 4 is 27.6 Å². The first-order valence-corrected chi connectivity index (χ1v) is 6.00. The molecule has 1 N–H and O–H groups in total. The molecule has 0 aliphatic heterocycles. The van der Waals surface area contributed by atoms with Crippen LogP contribution in [0.4, 0.5) is 11.6 Å². The molecule has 0 atom stereocenters. The lowest BCUT2D eigenvalue weighted by atomic mass is 10.3. The van der Waals surface area contributed by atoms with Gasteiger partial charge >= 0.3 is 0 Å². The summed E-state index contributed by atoms with van der Waals surface area (Å²) in [6.45, 7) is 0. The van der Waals surface area contributed by atoms with Gasteiger partial charge in [0.15, 0.2) is 0 Å². The second-order valence-corrected chi connectivity index (χ2v) is 4.33. The molecule has 0 spiro atoms. The summed E-state index contributed by atoms with van der Waals surface area (Å²) in [4.78, 5) is 8.37. The molecule has 1 aromatic heterocycles. The van der Waals surface area contributed by atoms with E-state index >= 15 is 0 Å². The average molecular weight is 310 g/mol. The highest BCUT2D eigenvalue weighted by atomic mass is 79.9. The third-order valence-electron chi connectivity index (χ3n) is 2.18. The van der Waals surface area contributed by atoms with Crippen LogP contribution in [-0.4, -0.2) is 24.2 Å². The minimum Gasteiger partial charge on any atom is -0.481 e. The lowest BCUT2D eigenvalue weighted by Crippen LogP contribution is -2.00. The van der Waals surface area contributed by atoms with Crippen molar-refractivity contribution in [3.63, 3.8) is 0 Å². The zero-order valence-electron chi connectivity index (χ0n) is 9.98. The van der Waals surface area contributed by atoms with Crippen LogP contribution in [0, 0.1) is 0 Å². The fourth-order valence-electron chi connectivity index (χ4n) is 1.36. The molecule has 2 aromatic rings. The zero-order valence-corrected chi connectivity index (χ0v) is 11.6. The van der Waals surface area contributed by atoms with E-state index in [2.05, 4.69) is 31.2 Å². The fourth-order valence-corrected chi connectivity index (χ4v) is 1.76. The topological polar surface area (TPSA) is 56.3 Å². The molecule has 94 valence electrons. The van der Waals surface area contributed by atoms with Crippen LogP contribution in [0.25, 0.3) is 0 Å². The third-order valence-corrected chi connectivity index (χ3v) is 2.67. The van der Waals surface area contributed by atoms with E-state index in [-0.39, 0.29) is 0 Å². The van der Waals surface area contributed by atoms with E-state index < -0.39 is 0 Å². The largest absolute Gasteiger partial charge is 0.481 e. The molecule has 0 bridgehead atoms. The molecule has 0 saturated carbocycles. The van der Waals surface area contributed by atoms with Gasteiger partial charge in [-0.05, 0) is 18.2 Å². The standard InChI is InChI=1S/C12H12BrN3O2/c1-17-10-7-11(18-2)16-12(15-10)14-9-5-3-4-8(13)6-9/h3-7H,1-2H3,(H,14,15,16). The van der Waals surface area contributed by atoms with Crippen molar-refractivity contribution in [1.29, 1.82) is 0 Å². The first-order chi connectivity index (χ1) is 8.71. The van der Waals surface area contributed by atoms with Crippen molar-refractivity contribution < 1.29 is 9.47 Å². The van der Waals surface area contributed by atoms with Gasteiger partial charge in [-0.15, -0.1) is 0 Å². The van der Waals surface area contributed by atoms with E-state index in [4.69, 9.17) is 9.47 Å². The Bertz CT molecular complexity index is 526. The molecule has 0 aliphatic rings. The van der Waals surface area contributed by atoms with Gasteiger partial charge < -0.3 is 14.8 Å². The molecule has 0 radical (unpaired) electrons. The van der Waals surface area contributed by atoms with Crippen LogP contribution >= 0.6 is 15.9 Å². The summed E-state index contributed by atoms with van der Waals surface area (Å²) in [7, 11) is 3.09. The Balaban J connectivity index is 2.28. The maximum Gasteiger partial charge on any atom is 0.233 e. The highest BCUT2D eigenvalue weighted by Gasteiger charge is 2.05. The molecule has 0 saturated heterocycles. The Morgan fingerprint density at radius 3 is 2.28 bits per heavy atom. The second-order valence-electron chi connectivity index (χ2n) is 3.41. The van der Waals surface area contributed by atoms with Crippen LogP contribution < -0.4 is 14.8 Å². The molecular formula is C12H12BrN3O2. The number of rotatable bonds is 4. The van der Waals surface area contributed by atoms with Gasteiger partial charge in [-0.25, -0.2) is 0 Å². The molecule has 0 fully saturated rings. The van der Waals surface area contributed by atoms with E-state index in [0.717, 1.165) is 10.2 Å². The Kier molecular flexibility index (Phi) is 3.99. The van der Waals surface area contributed by atoms with Crippen LogP contribution in [0.2, 0.25) is 0 Å². The first-order valence-electron chi connectivity index (χ1n) is 5.21. The number of benzene rings is 1. The zero-order chi connectivity index (χ0) is 13.0. The summed E-state index contributed by atoms with van der Waals surface area (Å²) in [5.74, 6) is 1.31. The van der Waals surface area contributed by atoms with Gasteiger partial charge in [0.2, 0.25) is 17.7 Å². The van der Waals surface area contributed by atoms with E-state index in [9.17, 15) is 0 Å². The molecule has 0 unspecified atom stereocenters. The predicted molar refractivity (Wildman–Crippen MR) is 72.6 cm³/mol. The Labute approximate surface area is 113 Å². The SMILES string of the molecule is COc1cc(OC)nc(Nc2cccc(Br)c2)n1. The number of hydrogen-bond donors (Lipinski definition) is 1. The van der Waals surface area contributed by atoms with Crippen molar-refractivity contribution in [1.82, 2.24) is 9.97 Å². The summed E-state index contributed by atoms with van der Waals surface area (Å²) in [6, 6.07) is 9.32. The summed E-state index contributed by atoms with van der Waals surface area (Å²) in [6.07, 6.45) is 0. The molecule has 2 rings (SSSR count). The molecule has 5 nitrogen and oxygen atoms in total. The van der Waals surface area contributed by atoms with Crippen molar-refractivity contribution in [3.8, 4) is 11.8 Å². The number of nitrogens with zero attached hydrogens (tertiary/aromatic N) is 2. The smallest absolute Gasteiger partial charge is 0.233 e. The van der Waals surface area contributed by atoms with Gasteiger partial charge in [-0.1, -0.05) is 22.0 Å². The second kappa shape index (κ2) is 5.68. The van der Waals surface area contributed by atoms with Gasteiger partial charge in [0.05, 0.1) is 20.3 Å². The minimum atomic E-state index is 0.421. The Morgan fingerprint density at radius 2 is 1.72 bits per heavy atom. The van der Waals surface area contributed by atoms with Crippen molar-refractivity contribution in [2.75, 3.05) is 19.5 Å². The van der Waals surface area contributed by atoms with Gasteiger partial charge in [-0.2, -0.15) is 9.97 Å². The number of nitrogens with one attached hydrogen (secondary N) is 1. The molecule has 0 amide bonds. The lowest BCUT2D eigenvalue weighted by Gasteiger charge is -2.08. The molecule has 18 heavy (non-hydrogen) atoms. The molecule has 6 heteroatoms. The van der Waals surface area contributed by atoms with Gasteiger partial charge in [-0.3, -0.25) is 0 Å². The number of halogens is 1. The minimum absolute atomic E-state index is 0.421. The average Bonchev–Trinajstić information content (AvgIpc) is 2.38. The van der Waals surface area contributed by atoms with Crippen molar-refractivity contribution in [2.45, 2.75) is 0 Å². The number of ether oxygens (including phenoxy) is 2. The van der Waals surface area contributed by atoms with Gasteiger partial charge in [0.1, 0.15) is 0 Å². The van der Waals surface area contributed by atoms with Gasteiger partial charge in [0, 0.05) is 10.2 Å². The van der Waals surface area contributed by atoms with E-state index in [1.54, 1.807) is 20.3 Å². The van der Waals surface area contributed by atoms with Gasteiger partial charge in [0.25, 0.3) is 0 Å². The summed E-state index contributed by atoms with van der Waals surface area (Å²) in [5.41, 5.74) is 0.875. The molecular weight excluding hydrogens is 298 g/mol. The Morgan fingerprint density at radius 1 is 1.06 bits per heavy atom. The van der Waals surface area contributed by atoms with E-state index in [1.165, 1.54) is 0 Å². The number of aromatic nitrogens is 2. The first kappa shape index (κ1) is 12.6. The molecule has 1 aromatic carbocycles. The van der Waals surface area contributed by atoms with Crippen LogP contribution in [-0.2, 0) is 0 Å². The summed E-state index contributed by atoms with van der Waals surface area (Å²) >= 11 is 3.40. The monoisotopic (exact) mass is 309 g/mol. The predicted octanol–water partition coefficient (Wildman–Crippen LogP) is 3.00. The molecule has 0 aliphatic carbocycles. The fraction of sp³-hybridized carbons (Fsp3) is 0.167. The summed E-state index contributed by atoms with van der Waals surface area (Å²) < 4.78 is 11.1. The van der Waals surface area contributed by atoms with Crippen LogP contribution in [0.5, 0.6) is 11.8 Å². The quantitative estimate of drug-likeness (QED) is 0.941. The number of anilines is 2. The third kappa shape index (κ3) is 3.10. The number of methoxy groups -OCH3 is 2. The molecule has 1 heterocycles. The maximum atomic E-state index is 5.08. The highest BCUT2D eigenvalue weighted by molar-refractivity contribution is 9.10. The number of hydrogen-bond acceptors (Lipinski definition) is 5. The Hall–Kier alpha value is -1.82. The lowest BCUT2D eigenvalue weighted by molar-refractivity contribution is 0.373. The van der Waals surface area contributed by atoms with E-state index in [1.807, 2.05) is 24.3 Å².